The fraction of sp³-hybridized carbons (Fsp3) is 0.296. The molecule has 0 aliphatic carbocycles. The largest absolute Gasteiger partial charge is 0.417 e. The van der Waals surface area contributed by atoms with E-state index in [1.807, 2.05) is 50.2 Å². The lowest BCUT2D eigenvalue weighted by Crippen LogP contribution is -2.32. The van der Waals surface area contributed by atoms with Crippen molar-refractivity contribution in [3.8, 4) is 11.5 Å². The van der Waals surface area contributed by atoms with Gasteiger partial charge in [-0.3, -0.25) is 4.79 Å². The molecule has 4 aromatic rings. The molecule has 1 amide bonds. The van der Waals surface area contributed by atoms with Crippen LogP contribution in [-0.2, 0) is 11.1 Å². The van der Waals surface area contributed by atoms with E-state index < -0.39 is 17.2 Å². The molecule has 0 saturated heterocycles. The number of amides is 1. The lowest BCUT2D eigenvalue weighted by atomic mass is 9.94. The lowest BCUT2D eigenvalue weighted by molar-refractivity contribution is 0.0488. The first-order valence-corrected chi connectivity index (χ1v) is 12.2. The smallest absolute Gasteiger partial charge is 0.253 e. The number of hydrogen-bond donors (Lipinski definition) is 5. The van der Waals surface area contributed by atoms with Crippen LogP contribution in [-0.4, -0.2) is 42.9 Å². The third-order valence-electron chi connectivity index (χ3n) is 6.28. The van der Waals surface area contributed by atoms with Crippen molar-refractivity contribution >= 4 is 23.4 Å². The molecule has 0 bridgehead atoms. The van der Waals surface area contributed by atoms with Crippen LogP contribution in [0.15, 0.2) is 59.1 Å². The van der Waals surface area contributed by atoms with Gasteiger partial charge in [0.25, 0.3) is 11.8 Å². The molecule has 196 valence electrons. The number of aliphatic hydroxyl groups excluding tert-OH is 1. The summed E-state index contributed by atoms with van der Waals surface area (Å²) in [6, 6.07) is 14.4. The average Bonchev–Trinajstić information content (AvgIpc) is 3.46. The van der Waals surface area contributed by atoms with Gasteiger partial charge in [0.05, 0.1) is 23.8 Å². The van der Waals surface area contributed by atoms with E-state index in [-0.39, 0.29) is 30.2 Å². The van der Waals surface area contributed by atoms with Gasteiger partial charge in [0.1, 0.15) is 11.4 Å². The van der Waals surface area contributed by atoms with Crippen LogP contribution in [0.3, 0.4) is 0 Å². The van der Waals surface area contributed by atoms with Crippen LogP contribution in [0.5, 0.6) is 0 Å². The molecule has 11 heteroatoms. The first-order chi connectivity index (χ1) is 18.0. The number of rotatable bonds is 8. The summed E-state index contributed by atoms with van der Waals surface area (Å²) in [7, 11) is 0. The molecule has 0 unspecified atom stereocenters. The van der Waals surface area contributed by atoms with Gasteiger partial charge in [-0.2, -0.15) is 4.98 Å². The molecular weight excluding hydrogens is 486 g/mol. The van der Waals surface area contributed by atoms with Gasteiger partial charge in [0.2, 0.25) is 11.8 Å². The summed E-state index contributed by atoms with van der Waals surface area (Å²) < 4.78 is 5.72. The minimum Gasteiger partial charge on any atom is -0.417 e. The highest BCUT2D eigenvalue weighted by Gasteiger charge is 2.35. The van der Waals surface area contributed by atoms with E-state index in [9.17, 15) is 15.0 Å². The molecule has 0 radical (unpaired) electrons. The van der Waals surface area contributed by atoms with Crippen LogP contribution >= 0.6 is 0 Å². The minimum atomic E-state index is -1.32. The molecule has 1 atom stereocenters. The maximum absolute atomic E-state index is 12.3. The van der Waals surface area contributed by atoms with Gasteiger partial charge < -0.3 is 30.6 Å². The van der Waals surface area contributed by atoms with Crippen LogP contribution in [0.2, 0.25) is 0 Å². The number of aliphatic hydroxyl groups is 2. The molecule has 38 heavy (non-hydrogen) atoms. The fourth-order valence-corrected chi connectivity index (χ4v) is 4.26. The quantitative estimate of drug-likeness (QED) is 0.235. The van der Waals surface area contributed by atoms with Crippen molar-refractivity contribution in [2.45, 2.75) is 44.9 Å². The Balaban J connectivity index is 1.52. The number of nitrogens with zero attached hydrogens (tertiary/aromatic N) is 4. The van der Waals surface area contributed by atoms with Crippen molar-refractivity contribution in [1.29, 1.82) is 0 Å². The van der Waals surface area contributed by atoms with E-state index in [4.69, 9.17) is 4.42 Å². The van der Waals surface area contributed by atoms with Gasteiger partial charge in [-0.15, -0.1) is 10.2 Å². The van der Waals surface area contributed by atoms with Gasteiger partial charge in [0, 0.05) is 17.4 Å². The number of carbonyl (C=O) groups is 1. The summed E-state index contributed by atoms with van der Waals surface area (Å²) >= 11 is 0. The van der Waals surface area contributed by atoms with Crippen LogP contribution in [0.25, 0.3) is 11.5 Å². The summed E-state index contributed by atoms with van der Waals surface area (Å²) in [6.45, 7) is 6.78. The van der Waals surface area contributed by atoms with Gasteiger partial charge in [-0.1, -0.05) is 30.3 Å². The lowest BCUT2D eigenvalue weighted by Gasteiger charge is -2.20. The number of hydrogen-bond acceptors (Lipinski definition) is 10. The minimum absolute atomic E-state index is 0.0475. The van der Waals surface area contributed by atoms with Crippen LogP contribution in [0.4, 0.5) is 17.5 Å². The Bertz CT molecular complexity index is 1480. The molecule has 11 nitrogen and oxygen atoms in total. The van der Waals surface area contributed by atoms with E-state index in [0.29, 0.717) is 22.6 Å². The van der Waals surface area contributed by atoms with E-state index in [1.165, 1.54) is 6.20 Å². The Labute approximate surface area is 219 Å². The van der Waals surface area contributed by atoms with Crippen molar-refractivity contribution < 1.29 is 19.4 Å². The predicted molar refractivity (Wildman–Crippen MR) is 141 cm³/mol. The highest BCUT2D eigenvalue weighted by molar-refractivity contribution is 6.00. The standard InChI is InChI=1S/C27H29N7O4/c1-26(2)19-12-16(10-11-17(19)22(36)32-26)29-25-28-13-18(23-33-34-24(38-23)27(3,4)37)21(31-25)30-20(14-35)15-8-6-5-7-9-15/h5-13,20,35,37H,14H2,1-4H3,(H,32,36)(H2,28,29,30,31)/t20-/m1/s1. The van der Waals surface area contributed by atoms with Crippen molar-refractivity contribution in [3.05, 3.63) is 77.3 Å². The third kappa shape index (κ3) is 4.93. The highest BCUT2D eigenvalue weighted by Crippen LogP contribution is 2.34. The van der Waals surface area contributed by atoms with Crippen molar-refractivity contribution in [1.82, 2.24) is 25.5 Å². The molecular formula is C27H29N7O4. The van der Waals surface area contributed by atoms with Crippen molar-refractivity contribution in [3.63, 3.8) is 0 Å². The highest BCUT2D eigenvalue weighted by atomic mass is 16.4. The Morgan fingerprint density at radius 2 is 1.87 bits per heavy atom. The third-order valence-corrected chi connectivity index (χ3v) is 6.28. The second kappa shape index (κ2) is 9.51. The van der Waals surface area contributed by atoms with Gasteiger partial charge >= 0.3 is 0 Å². The molecule has 2 aromatic heterocycles. The normalized spacial score (nSPS) is 15.1. The number of aromatic nitrogens is 4. The zero-order valence-corrected chi connectivity index (χ0v) is 21.5. The first-order valence-electron chi connectivity index (χ1n) is 12.2. The summed E-state index contributed by atoms with van der Waals surface area (Å²) in [4.78, 5) is 21.4. The van der Waals surface area contributed by atoms with E-state index in [1.54, 1.807) is 26.0 Å². The Morgan fingerprint density at radius 1 is 1.11 bits per heavy atom. The second-order valence-corrected chi connectivity index (χ2v) is 10.2. The fourth-order valence-electron chi connectivity index (χ4n) is 4.26. The Morgan fingerprint density at radius 3 is 2.55 bits per heavy atom. The molecule has 2 aromatic carbocycles. The van der Waals surface area contributed by atoms with E-state index in [0.717, 1.165) is 11.1 Å². The van der Waals surface area contributed by atoms with Gasteiger partial charge in [0.15, 0.2) is 0 Å². The summed E-state index contributed by atoms with van der Waals surface area (Å²) in [5.74, 6) is 0.675. The molecule has 1 aliphatic rings. The zero-order valence-electron chi connectivity index (χ0n) is 21.5. The number of nitrogens with one attached hydrogen (secondary N) is 3. The summed E-state index contributed by atoms with van der Waals surface area (Å²) in [6.07, 6.45) is 1.53. The summed E-state index contributed by atoms with van der Waals surface area (Å²) in [5.41, 5.74) is 1.64. The maximum Gasteiger partial charge on any atom is 0.253 e. The molecule has 0 fully saturated rings. The average molecular weight is 516 g/mol. The number of carbonyl (C=O) groups excluding carboxylic acids is 1. The van der Waals surface area contributed by atoms with Crippen LogP contribution in [0, 0.1) is 0 Å². The predicted octanol–water partition coefficient (Wildman–Crippen LogP) is 3.62. The SMILES string of the molecule is CC(C)(O)c1nnc(-c2cnc(Nc3ccc4c(c3)C(C)(C)NC4=O)nc2N[C@H](CO)c2ccccc2)o1. The second-order valence-electron chi connectivity index (χ2n) is 10.2. The number of fused-ring (bicyclic) bond motifs is 1. The molecule has 0 saturated carbocycles. The molecule has 3 heterocycles. The zero-order chi connectivity index (χ0) is 27.1. The van der Waals surface area contributed by atoms with E-state index >= 15 is 0 Å². The Hall–Kier alpha value is -4.35. The van der Waals surface area contributed by atoms with E-state index in [2.05, 4.69) is 36.1 Å². The summed E-state index contributed by atoms with van der Waals surface area (Å²) in [5, 5.41) is 37.9. The molecule has 0 spiro atoms. The Kier molecular flexibility index (Phi) is 6.33. The topological polar surface area (TPSA) is 158 Å². The maximum atomic E-state index is 12.3. The van der Waals surface area contributed by atoms with Crippen LogP contribution < -0.4 is 16.0 Å². The number of benzene rings is 2. The van der Waals surface area contributed by atoms with Crippen molar-refractivity contribution in [2.24, 2.45) is 0 Å². The molecule has 5 N–H and O–H groups in total. The molecule has 5 rings (SSSR count). The number of anilines is 3. The monoisotopic (exact) mass is 515 g/mol. The van der Waals surface area contributed by atoms with Gasteiger partial charge in [-0.05, 0) is 57.0 Å². The van der Waals surface area contributed by atoms with Crippen molar-refractivity contribution in [2.75, 3.05) is 17.2 Å². The molecule has 1 aliphatic heterocycles. The van der Waals surface area contributed by atoms with Crippen LogP contribution in [0.1, 0.15) is 61.1 Å². The van der Waals surface area contributed by atoms with Gasteiger partial charge in [-0.25, -0.2) is 4.98 Å². The first kappa shape index (κ1) is 25.3.